The van der Waals surface area contributed by atoms with Crippen molar-refractivity contribution in [2.45, 2.75) is 78.2 Å². The molecule has 0 bridgehead atoms. The van der Waals surface area contributed by atoms with Gasteiger partial charge in [0.15, 0.2) is 0 Å². The van der Waals surface area contributed by atoms with E-state index in [0.717, 1.165) is 39.3 Å². The van der Waals surface area contributed by atoms with Crippen LogP contribution in [0.4, 0.5) is 0 Å². The summed E-state index contributed by atoms with van der Waals surface area (Å²) in [4.78, 5) is 0. The van der Waals surface area contributed by atoms with Gasteiger partial charge in [-0.3, -0.25) is 0 Å². The fourth-order valence-electron chi connectivity index (χ4n) is 2.95. The van der Waals surface area contributed by atoms with Crippen molar-refractivity contribution < 1.29 is 14.2 Å². The number of rotatable bonds is 0. The van der Waals surface area contributed by atoms with Crippen LogP contribution in [0.3, 0.4) is 0 Å². The van der Waals surface area contributed by atoms with E-state index >= 15 is 0 Å². The molecule has 6 atom stereocenters. The molecule has 3 aliphatic heterocycles. The zero-order valence-corrected chi connectivity index (χ0v) is 16.4. The molecule has 0 aromatic carbocycles. The Labute approximate surface area is 148 Å². The first kappa shape index (κ1) is 21.8. The van der Waals surface area contributed by atoms with Crippen molar-refractivity contribution in [2.75, 3.05) is 39.3 Å². The lowest BCUT2D eigenvalue weighted by atomic mass is 10.3. The molecule has 0 radical (unpaired) electrons. The van der Waals surface area contributed by atoms with E-state index in [2.05, 4.69) is 57.5 Å². The molecule has 3 saturated heterocycles. The minimum Gasteiger partial charge on any atom is -0.373 e. The Morgan fingerprint density at radius 1 is 0.417 bits per heavy atom. The maximum absolute atomic E-state index is 5.42. The van der Waals surface area contributed by atoms with E-state index in [1.54, 1.807) is 0 Å². The molecule has 6 heteroatoms. The van der Waals surface area contributed by atoms with Gasteiger partial charge in [0.05, 0.1) is 36.6 Å². The highest BCUT2D eigenvalue weighted by Crippen LogP contribution is 2.01. The van der Waals surface area contributed by atoms with Gasteiger partial charge < -0.3 is 30.2 Å². The van der Waals surface area contributed by atoms with Crippen LogP contribution in [0.15, 0.2) is 0 Å². The summed E-state index contributed by atoms with van der Waals surface area (Å²) in [5.74, 6) is 0. The van der Waals surface area contributed by atoms with E-state index in [9.17, 15) is 0 Å². The third-order valence-electron chi connectivity index (χ3n) is 3.98. The molecule has 3 rings (SSSR count). The van der Waals surface area contributed by atoms with E-state index in [0.29, 0.717) is 36.6 Å². The van der Waals surface area contributed by atoms with Crippen molar-refractivity contribution in [3.05, 3.63) is 0 Å². The molecule has 0 spiro atoms. The quantitative estimate of drug-likeness (QED) is 0.612. The lowest BCUT2D eigenvalue weighted by Gasteiger charge is -2.25. The average Bonchev–Trinajstić information content (AvgIpc) is 2.47. The number of ether oxygens (including phenoxy) is 3. The second-order valence-corrected chi connectivity index (χ2v) is 7.25. The van der Waals surface area contributed by atoms with Crippen LogP contribution in [-0.4, -0.2) is 75.9 Å². The third kappa shape index (κ3) is 10.6. The largest absolute Gasteiger partial charge is 0.373 e. The average molecular weight is 346 g/mol. The smallest absolute Gasteiger partial charge is 0.0675 e. The highest BCUT2D eigenvalue weighted by Gasteiger charge is 2.14. The Bertz CT molecular complexity index is 248. The topological polar surface area (TPSA) is 63.8 Å². The molecule has 0 aliphatic carbocycles. The SMILES string of the molecule is CC1CNCC(C)O1.C[C@@H]1CNC[C@@H](C)O1.C[C@H]1CNC[C@H](C)O1. The molecule has 0 saturated carbocycles. The van der Waals surface area contributed by atoms with E-state index < -0.39 is 0 Å². The molecule has 3 heterocycles. The van der Waals surface area contributed by atoms with Gasteiger partial charge in [-0.15, -0.1) is 0 Å². The van der Waals surface area contributed by atoms with Crippen LogP contribution in [0.5, 0.6) is 0 Å². The molecule has 3 fully saturated rings. The summed E-state index contributed by atoms with van der Waals surface area (Å²) in [5, 5.41) is 9.78. The van der Waals surface area contributed by atoms with Crippen LogP contribution in [0.2, 0.25) is 0 Å². The maximum Gasteiger partial charge on any atom is 0.0675 e. The van der Waals surface area contributed by atoms with Gasteiger partial charge in [0.25, 0.3) is 0 Å². The number of hydrogen-bond donors (Lipinski definition) is 3. The minimum absolute atomic E-state index is 0.402. The predicted octanol–water partition coefficient (Wildman–Crippen LogP) is 1.15. The lowest BCUT2D eigenvalue weighted by Crippen LogP contribution is -2.41. The van der Waals surface area contributed by atoms with Crippen molar-refractivity contribution in [2.24, 2.45) is 0 Å². The van der Waals surface area contributed by atoms with Gasteiger partial charge in [-0.2, -0.15) is 0 Å². The van der Waals surface area contributed by atoms with Crippen LogP contribution in [0.1, 0.15) is 41.5 Å². The number of hydrogen-bond acceptors (Lipinski definition) is 6. The van der Waals surface area contributed by atoms with Crippen LogP contribution in [-0.2, 0) is 14.2 Å². The van der Waals surface area contributed by atoms with Crippen LogP contribution in [0.25, 0.3) is 0 Å². The normalized spacial score (nSPS) is 39.8. The van der Waals surface area contributed by atoms with E-state index in [1.165, 1.54) is 0 Å². The summed E-state index contributed by atoms with van der Waals surface area (Å²) in [6.45, 7) is 18.5. The zero-order chi connectivity index (χ0) is 17.9. The molecule has 3 N–H and O–H groups in total. The molecule has 144 valence electrons. The summed E-state index contributed by atoms with van der Waals surface area (Å²) >= 11 is 0. The Hall–Kier alpha value is -0.240. The highest BCUT2D eigenvalue weighted by molar-refractivity contribution is 4.68. The van der Waals surface area contributed by atoms with Crippen molar-refractivity contribution in [3.8, 4) is 0 Å². The van der Waals surface area contributed by atoms with Crippen molar-refractivity contribution in [1.29, 1.82) is 0 Å². The molecule has 0 amide bonds. The maximum atomic E-state index is 5.42. The summed E-state index contributed by atoms with van der Waals surface area (Å²) in [6, 6.07) is 0. The Morgan fingerprint density at radius 2 is 0.583 bits per heavy atom. The molecular formula is C18H39N3O3. The van der Waals surface area contributed by atoms with Gasteiger partial charge >= 0.3 is 0 Å². The fraction of sp³-hybridized carbons (Fsp3) is 1.00. The first-order valence-electron chi connectivity index (χ1n) is 9.45. The van der Waals surface area contributed by atoms with Crippen LogP contribution >= 0.6 is 0 Å². The Kier molecular flexibility index (Phi) is 11.1. The summed E-state index contributed by atoms with van der Waals surface area (Å²) < 4.78 is 16.3. The standard InChI is InChI=1S/3C6H13NO/c3*1-5-3-7-4-6(2)8-5/h3*5-7H,3-4H2,1-2H3/t2*5-,6-;/m10./s1. The first-order chi connectivity index (χ1) is 11.4. The van der Waals surface area contributed by atoms with Gasteiger partial charge in [0.2, 0.25) is 0 Å². The minimum atomic E-state index is 0.402. The molecule has 24 heavy (non-hydrogen) atoms. The van der Waals surface area contributed by atoms with Crippen molar-refractivity contribution in [1.82, 2.24) is 16.0 Å². The Balaban J connectivity index is 0.000000180. The van der Waals surface area contributed by atoms with Gasteiger partial charge in [-0.05, 0) is 41.5 Å². The van der Waals surface area contributed by atoms with Crippen molar-refractivity contribution >= 4 is 0 Å². The molecule has 3 aliphatic rings. The lowest BCUT2D eigenvalue weighted by molar-refractivity contribution is -0.0168. The molecule has 0 aromatic heterocycles. The van der Waals surface area contributed by atoms with E-state index in [-0.39, 0.29) is 0 Å². The second kappa shape index (κ2) is 12.2. The van der Waals surface area contributed by atoms with E-state index in [4.69, 9.17) is 14.2 Å². The molecule has 6 nitrogen and oxygen atoms in total. The predicted molar refractivity (Wildman–Crippen MR) is 98.6 cm³/mol. The zero-order valence-electron chi connectivity index (χ0n) is 16.4. The number of nitrogens with one attached hydrogen (secondary N) is 3. The van der Waals surface area contributed by atoms with Gasteiger partial charge in [-0.1, -0.05) is 0 Å². The summed E-state index contributed by atoms with van der Waals surface area (Å²) in [5.41, 5.74) is 0. The second-order valence-electron chi connectivity index (χ2n) is 7.25. The van der Waals surface area contributed by atoms with Crippen LogP contribution in [0, 0.1) is 0 Å². The summed E-state index contributed by atoms with van der Waals surface area (Å²) in [7, 11) is 0. The van der Waals surface area contributed by atoms with E-state index in [1.807, 2.05) is 0 Å². The highest BCUT2D eigenvalue weighted by atomic mass is 16.5. The monoisotopic (exact) mass is 345 g/mol. The molecule has 0 aromatic rings. The molecule has 2 unspecified atom stereocenters. The van der Waals surface area contributed by atoms with Crippen molar-refractivity contribution in [3.63, 3.8) is 0 Å². The third-order valence-corrected chi connectivity index (χ3v) is 3.98. The van der Waals surface area contributed by atoms with Gasteiger partial charge in [0, 0.05) is 39.3 Å². The summed E-state index contributed by atoms with van der Waals surface area (Å²) in [6.07, 6.45) is 2.41. The number of morpholine rings is 3. The first-order valence-corrected chi connectivity index (χ1v) is 9.45. The van der Waals surface area contributed by atoms with Crippen LogP contribution < -0.4 is 16.0 Å². The van der Waals surface area contributed by atoms with Gasteiger partial charge in [-0.25, -0.2) is 0 Å². The van der Waals surface area contributed by atoms with Gasteiger partial charge in [0.1, 0.15) is 0 Å². The fourth-order valence-corrected chi connectivity index (χ4v) is 2.95. The Morgan fingerprint density at radius 3 is 0.667 bits per heavy atom. The molecular weight excluding hydrogens is 306 g/mol.